The fraction of sp³-hybridized carbons (Fsp3) is 0. The van der Waals surface area contributed by atoms with Crippen molar-refractivity contribution < 1.29 is 4.42 Å². The second kappa shape index (κ2) is 10.7. The van der Waals surface area contributed by atoms with Crippen LogP contribution in [-0.4, -0.2) is 31.7 Å². The van der Waals surface area contributed by atoms with Crippen molar-refractivity contribution in [2.45, 2.75) is 0 Å². The van der Waals surface area contributed by atoms with Crippen molar-refractivity contribution in [1.29, 1.82) is 0 Å². The molecule has 67 heavy (non-hydrogen) atoms. The van der Waals surface area contributed by atoms with Crippen molar-refractivity contribution >= 4 is 155 Å². The van der Waals surface area contributed by atoms with E-state index in [9.17, 15) is 0 Å². The first-order valence-corrected chi connectivity index (χ1v) is 23.5. The molecule has 0 spiro atoms. The van der Waals surface area contributed by atoms with Gasteiger partial charge in [0.05, 0.1) is 44.1 Å². The first kappa shape index (κ1) is 32.9. The molecule has 4 aliphatic rings. The van der Waals surface area contributed by atoms with Crippen LogP contribution in [0.4, 0.5) is 0 Å². The number of para-hydroxylation sites is 6. The Kier molecular flexibility index (Phi) is 5.26. The fourth-order valence-corrected chi connectivity index (χ4v) is 14.3. The van der Waals surface area contributed by atoms with Crippen LogP contribution < -0.4 is 32.8 Å². The van der Waals surface area contributed by atoms with Crippen LogP contribution in [0.25, 0.3) is 132 Å². The van der Waals surface area contributed by atoms with E-state index in [2.05, 4.69) is 200 Å². The molecular weight excluding hydrogens is 814 g/mol. The first-order chi connectivity index (χ1) is 33.3. The largest absolute Gasteiger partial charge is 0.456 e. The molecule has 0 N–H and O–H groups in total. The molecule has 0 aliphatic carbocycles. The van der Waals surface area contributed by atoms with E-state index in [1.54, 1.807) is 0 Å². The SMILES string of the molecule is c1ccc2c(c1)B1c3cc4oc5cc6c(cc5c4cc3-n3c4ccccc4c4cc5c7ccccc7n-2c5c1c43)-n1c2ccccc2c2cc3c4ccccc4n4c3c(c21)B6c1ccccc1-4. The number of hydrogen-bond acceptors (Lipinski definition) is 1. The van der Waals surface area contributed by atoms with Crippen LogP contribution in [0.2, 0.25) is 0 Å². The Morgan fingerprint density at radius 3 is 0.985 bits per heavy atom. The third-order valence-electron chi connectivity index (χ3n) is 16.7. The quantitative estimate of drug-likeness (QED) is 0.140. The molecule has 10 aromatic carbocycles. The van der Waals surface area contributed by atoms with Crippen molar-refractivity contribution in [3.63, 3.8) is 0 Å². The van der Waals surface area contributed by atoms with E-state index in [0.29, 0.717) is 0 Å². The summed E-state index contributed by atoms with van der Waals surface area (Å²) in [6.07, 6.45) is 0. The predicted molar refractivity (Wildman–Crippen MR) is 280 cm³/mol. The van der Waals surface area contributed by atoms with Crippen molar-refractivity contribution in [3.05, 3.63) is 182 Å². The molecule has 0 amide bonds. The predicted octanol–water partition coefficient (Wildman–Crippen LogP) is 10.3. The number of fused-ring (bicyclic) bond motifs is 27. The van der Waals surface area contributed by atoms with Gasteiger partial charge in [0.15, 0.2) is 0 Å². The lowest BCUT2D eigenvalue weighted by atomic mass is 9.34. The van der Waals surface area contributed by atoms with E-state index in [-0.39, 0.29) is 13.4 Å². The third kappa shape index (κ3) is 3.46. The minimum absolute atomic E-state index is 0.0266. The van der Waals surface area contributed by atoms with Crippen molar-refractivity contribution in [1.82, 2.24) is 18.3 Å². The van der Waals surface area contributed by atoms with Gasteiger partial charge in [0, 0.05) is 76.6 Å². The van der Waals surface area contributed by atoms with E-state index < -0.39 is 0 Å². The fourth-order valence-electron chi connectivity index (χ4n) is 14.3. The molecule has 9 heterocycles. The average molecular weight is 845 g/mol. The molecule has 0 atom stereocenters. The lowest BCUT2D eigenvalue weighted by Gasteiger charge is -2.33. The number of hydrogen-bond donors (Lipinski definition) is 0. The summed E-state index contributed by atoms with van der Waals surface area (Å²) in [4.78, 5) is 0. The molecule has 0 saturated carbocycles. The summed E-state index contributed by atoms with van der Waals surface area (Å²) in [5, 5.41) is 12.7. The maximum absolute atomic E-state index is 7.28. The van der Waals surface area contributed by atoms with E-state index >= 15 is 0 Å². The van der Waals surface area contributed by atoms with Crippen LogP contribution in [-0.2, 0) is 0 Å². The van der Waals surface area contributed by atoms with Crippen LogP contribution in [0.1, 0.15) is 0 Å². The third-order valence-corrected chi connectivity index (χ3v) is 16.7. The number of nitrogens with zero attached hydrogens (tertiary/aromatic N) is 4. The van der Waals surface area contributed by atoms with Gasteiger partial charge in [0.25, 0.3) is 13.4 Å². The second-order valence-electron chi connectivity index (χ2n) is 19.5. The zero-order chi connectivity index (χ0) is 42.7. The Balaban J connectivity index is 0.965. The molecule has 5 aromatic heterocycles. The van der Waals surface area contributed by atoms with Crippen LogP contribution in [0, 0.1) is 0 Å². The monoisotopic (exact) mass is 844 g/mol. The summed E-state index contributed by atoms with van der Waals surface area (Å²) < 4.78 is 17.5. The van der Waals surface area contributed by atoms with Crippen LogP contribution in [0.15, 0.2) is 186 Å². The number of benzene rings is 10. The highest BCUT2D eigenvalue weighted by molar-refractivity contribution is 7.01. The molecule has 4 aliphatic heterocycles. The van der Waals surface area contributed by atoms with E-state index in [0.717, 1.165) is 21.9 Å². The highest BCUT2D eigenvalue weighted by Gasteiger charge is 2.44. The van der Waals surface area contributed by atoms with E-state index in [4.69, 9.17) is 4.42 Å². The Bertz CT molecular complexity index is 4650. The zero-order valence-corrected chi connectivity index (χ0v) is 35.7. The minimum atomic E-state index is 0.0266. The standard InChI is InChI=1S/C60H30B2N4O/c1-7-19-45-31(13-1)37-25-39-33-15-3-9-21-47(33)65-51-27-35-36-28-52-44(30-54(36)67-53(35)29-43(51)61-41-17-5-11-23-49(41)63(45)57(37)55(61)59(39)65)62-42-18-6-12-24-50(42)64-46-20-8-2-14-32(46)38-26-40-34-16-4-10-22-48(34)66(52)60(40)56(62)58(38)64/h1-30H. The molecule has 0 saturated heterocycles. The van der Waals surface area contributed by atoms with Gasteiger partial charge < -0.3 is 22.7 Å². The van der Waals surface area contributed by atoms with Gasteiger partial charge in [-0.25, -0.2) is 0 Å². The molecule has 0 bridgehead atoms. The Morgan fingerprint density at radius 1 is 0.269 bits per heavy atom. The topological polar surface area (TPSA) is 32.9 Å². The lowest BCUT2D eigenvalue weighted by Crippen LogP contribution is -2.59. The molecule has 7 heteroatoms. The van der Waals surface area contributed by atoms with Crippen molar-refractivity contribution in [2.24, 2.45) is 0 Å². The summed E-state index contributed by atoms with van der Waals surface area (Å²) in [5.74, 6) is 0. The van der Waals surface area contributed by atoms with E-state index in [1.165, 1.54) is 143 Å². The highest BCUT2D eigenvalue weighted by Crippen LogP contribution is 2.45. The number of rotatable bonds is 0. The summed E-state index contributed by atoms with van der Waals surface area (Å²) in [7, 11) is 0. The van der Waals surface area contributed by atoms with Crippen LogP contribution >= 0.6 is 0 Å². The summed E-state index contributed by atoms with van der Waals surface area (Å²) in [6, 6.07) is 68.9. The number of furan rings is 1. The molecule has 15 aromatic rings. The van der Waals surface area contributed by atoms with Gasteiger partial charge in [-0.1, -0.05) is 109 Å². The smallest absolute Gasteiger partial charge is 0.252 e. The lowest BCUT2D eigenvalue weighted by molar-refractivity contribution is 0.669. The van der Waals surface area contributed by atoms with Crippen LogP contribution in [0.5, 0.6) is 0 Å². The van der Waals surface area contributed by atoms with Crippen LogP contribution in [0.3, 0.4) is 0 Å². The molecule has 19 rings (SSSR count). The van der Waals surface area contributed by atoms with Gasteiger partial charge in [-0.2, -0.15) is 0 Å². The molecule has 5 nitrogen and oxygen atoms in total. The highest BCUT2D eigenvalue weighted by atomic mass is 16.3. The van der Waals surface area contributed by atoms with Gasteiger partial charge in [0.1, 0.15) is 11.2 Å². The number of aromatic nitrogens is 4. The van der Waals surface area contributed by atoms with Gasteiger partial charge >= 0.3 is 0 Å². The molecule has 0 unspecified atom stereocenters. The minimum Gasteiger partial charge on any atom is -0.456 e. The van der Waals surface area contributed by atoms with Gasteiger partial charge in [0.2, 0.25) is 0 Å². The molecule has 0 radical (unpaired) electrons. The van der Waals surface area contributed by atoms with Gasteiger partial charge in [-0.15, -0.1) is 0 Å². The maximum atomic E-state index is 7.28. The van der Waals surface area contributed by atoms with Crippen molar-refractivity contribution in [2.75, 3.05) is 0 Å². The second-order valence-corrected chi connectivity index (χ2v) is 19.5. The summed E-state index contributed by atoms with van der Waals surface area (Å²) in [6.45, 7) is 0.0533. The van der Waals surface area contributed by atoms with E-state index in [1.807, 2.05) is 0 Å². The summed E-state index contributed by atoms with van der Waals surface area (Å²) >= 11 is 0. The maximum Gasteiger partial charge on any atom is 0.252 e. The molecular formula is C60H30B2N4O. The zero-order valence-electron chi connectivity index (χ0n) is 35.7. The Labute approximate surface area is 381 Å². The van der Waals surface area contributed by atoms with Gasteiger partial charge in [-0.05, 0) is 106 Å². The average Bonchev–Trinajstić information content (AvgIpc) is 4.18. The molecule has 0 fully saturated rings. The normalized spacial score (nSPS) is 13.9. The molecule has 302 valence electrons. The summed E-state index contributed by atoms with van der Waals surface area (Å²) in [5.41, 5.74) is 25.0. The first-order valence-electron chi connectivity index (χ1n) is 23.5. The van der Waals surface area contributed by atoms with Crippen molar-refractivity contribution in [3.8, 4) is 22.7 Å². The van der Waals surface area contributed by atoms with Gasteiger partial charge in [-0.3, -0.25) is 0 Å². The Morgan fingerprint density at radius 2 is 0.597 bits per heavy atom. The Hall–Kier alpha value is -8.67.